The first-order valence-electron chi connectivity index (χ1n) is 5.53. The minimum atomic E-state index is -0.652. The van der Waals surface area contributed by atoms with E-state index < -0.39 is 5.82 Å². The zero-order valence-corrected chi connectivity index (χ0v) is 10.5. The molecule has 0 atom stereocenters. The summed E-state index contributed by atoms with van der Waals surface area (Å²) in [5.74, 6) is 0.375. The van der Waals surface area contributed by atoms with E-state index >= 15 is 0 Å². The molecule has 0 fully saturated rings. The molecule has 0 aliphatic heterocycles. The number of ether oxygens (including phenoxy) is 2. The van der Waals surface area contributed by atoms with Crippen molar-refractivity contribution in [1.82, 2.24) is 4.98 Å². The minimum Gasteiger partial charge on any atom is -0.493 e. The van der Waals surface area contributed by atoms with Crippen molar-refractivity contribution in [2.24, 2.45) is 0 Å². The number of rotatable bonds is 4. The highest BCUT2D eigenvalue weighted by Crippen LogP contribution is 2.37. The molecule has 0 bridgehead atoms. The predicted molar refractivity (Wildman–Crippen MR) is 68.1 cm³/mol. The largest absolute Gasteiger partial charge is 0.493 e. The SMILES string of the molecule is COc1cccc(-c2cc(C=O)c(F)cn2)c1OC. The molecule has 1 aromatic carbocycles. The summed E-state index contributed by atoms with van der Waals surface area (Å²) < 4.78 is 23.7. The van der Waals surface area contributed by atoms with Crippen LogP contribution >= 0.6 is 0 Å². The number of carbonyl (C=O) groups excluding carboxylic acids is 1. The highest BCUT2D eigenvalue weighted by molar-refractivity contribution is 5.79. The molecular weight excluding hydrogens is 249 g/mol. The van der Waals surface area contributed by atoms with Gasteiger partial charge in [0.15, 0.2) is 23.6 Å². The van der Waals surface area contributed by atoms with Crippen LogP contribution in [0.3, 0.4) is 0 Å². The molecule has 0 unspecified atom stereocenters. The van der Waals surface area contributed by atoms with E-state index in [1.165, 1.54) is 20.3 Å². The van der Waals surface area contributed by atoms with Crippen LogP contribution in [0.15, 0.2) is 30.5 Å². The highest BCUT2D eigenvalue weighted by Gasteiger charge is 2.14. The number of carbonyl (C=O) groups is 1. The molecule has 0 aliphatic rings. The summed E-state index contributed by atoms with van der Waals surface area (Å²) >= 11 is 0. The van der Waals surface area contributed by atoms with E-state index in [2.05, 4.69) is 4.98 Å². The lowest BCUT2D eigenvalue weighted by Crippen LogP contribution is -1.96. The number of nitrogens with zero attached hydrogens (tertiary/aromatic N) is 1. The lowest BCUT2D eigenvalue weighted by atomic mass is 10.1. The number of benzene rings is 1. The van der Waals surface area contributed by atoms with E-state index in [1.54, 1.807) is 18.2 Å². The molecule has 0 radical (unpaired) electrons. The second kappa shape index (κ2) is 5.48. The molecule has 0 saturated heterocycles. The third kappa shape index (κ3) is 2.40. The van der Waals surface area contributed by atoms with Crippen molar-refractivity contribution in [3.05, 3.63) is 41.8 Å². The van der Waals surface area contributed by atoms with E-state index in [0.717, 1.165) is 6.20 Å². The summed E-state index contributed by atoms with van der Waals surface area (Å²) in [6.45, 7) is 0. The van der Waals surface area contributed by atoms with Gasteiger partial charge in [-0.05, 0) is 18.2 Å². The first-order valence-corrected chi connectivity index (χ1v) is 5.53. The number of halogens is 1. The smallest absolute Gasteiger partial charge is 0.170 e. The van der Waals surface area contributed by atoms with Gasteiger partial charge in [0.1, 0.15) is 0 Å². The normalized spacial score (nSPS) is 10.1. The topological polar surface area (TPSA) is 48.4 Å². The average molecular weight is 261 g/mol. The highest BCUT2D eigenvalue weighted by atomic mass is 19.1. The zero-order chi connectivity index (χ0) is 13.8. The van der Waals surface area contributed by atoms with E-state index in [0.29, 0.717) is 29.0 Å². The van der Waals surface area contributed by atoms with Gasteiger partial charge in [0.25, 0.3) is 0 Å². The van der Waals surface area contributed by atoms with E-state index in [1.807, 2.05) is 0 Å². The summed E-state index contributed by atoms with van der Waals surface area (Å²) in [6.07, 6.45) is 1.46. The Balaban J connectivity index is 2.61. The number of aldehydes is 1. The van der Waals surface area contributed by atoms with Crippen molar-refractivity contribution in [3.63, 3.8) is 0 Å². The second-order valence-electron chi connectivity index (χ2n) is 3.75. The van der Waals surface area contributed by atoms with Crippen LogP contribution < -0.4 is 9.47 Å². The Morgan fingerprint density at radius 3 is 2.68 bits per heavy atom. The van der Waals surface area contributed by atoms with Gasteiger partial charge >= 0.3 is 0 Å². The molecule has 1 heterocycles. The van der Waals surface area contributed by atoms with Gasteiger partial charge < -0.3 is 9.47 Å². The number of hydrogen-bond donors (Lipinski definition) is 0. The fraction of sp³-hybridized carbons (Fsp3) is 0.143. The van der Waals surface area contributed by atoms with Crippen LogP contribution in [-0.2, 0) is 0 Å². The molecule has 0 aliphatic carbocycles. The quantitative estimate of drug-likeness (QED) is 0.794. The van der Waals surface area contributed by atoms with Gasteiger partial charge in [-0.3, -0.25) is 9.78 Å². The van der Waals surface area contributed by atoms with Gasteiger partial charge in [0.05, 0.1) is 31.7 Å². The lowest BCUT2D eigenvalue weighted by molar-refractivity contribution is 0.111. The first-order chi connectivity index (χ1) is 9.21. The monoisotopic (exact) mass is 261 g/mol. The van der Waals surface area contributed by atoms with Crippen molar-refractivity contribution >= 4 is 6.29 Å². The number of hydrogen-bond acceptors (Lipinski definition) is 4. The predicted octanol–water partition coefficient (Wildman–Crippen LogP) is 2.72. The summed E-state index contributed by atoms with van der Waals surface area (Å²) in [5.41, 5.74) is 1.03. The summed E-state index contributed by atoms with van der Waals surface area (Å²) in [6, 6.07) is 6.64. The van der Waals surface area contributed by atoms with Crippen LogP contribution in [-0.4, -0.2) is 25.5 Å². The van der Waals surface area contributed by atoms with Gasteiger partial charge in [0.2, 0.25) is 0 Å². The van der Waals surface area contributed by atoms with Gasteiger partial charge in [-0.2, -0.15) is 0 Å². The van der Waals surface area contributed by atoms with Gasteiger partial charge in [-0.1, -0.05) is 6.07 Å². The molecule has 98 valence electrons. The molecule has 19 heavy (non-hydrogen) atoms. The Hall–Kier alpha value is -2.43. The molecule has 2 rings (SSSR count). The van der Waals surface area contributed by atoms with E-state index in [4.69, 9.17) is 9.47 Å². The molecule has 0 saturated carbocycles. The van der Waals surface area contributed by atoms with Crippen molar-refractivity contribution in [3.8, 4) is 22.8 Å². The average Bonchev–Trinajstić information content (AvgIpc) is 2.46. The summed E-state index contributed by atoms with van der Waals surface area (Å²) in [5, 5.41) is 0. The maximum absolute atomic E-state index is 13.3. The molecule has 5 heteroatoms. The standard InChI is InChI=1S/C14H12FNO3/c1-18-13-5-3-4-10(14(13)19-2)12-6-9(8-17)11(15)7-16-12/h3-8H,1-2H3. The van der Waals surface area contributed by atoms with Gasteiger partial charge in [-0.15, -0.1) is 0 Å². The maximum atomic E-state index is 13.3. The summed E-state index contributed by atoms with van der Waals surface area (Å²) in [4.78, 5) is 14.7. The zero-order valence-electron chi connectivity index (χ0n) is 10.5. The Bertz CT molecular complexity index is 614. The maximum Gasteiger partial charge on any atom is 0.170 e. The number of methoxy groups -OCH3 is 2. The molecule has 4 nitrogen and oxygen atoms in total. The number of pyridine rings is 1. The Morgan fingerprint density at radius 1 is 1.26 bits per heavy atom. The van der Waals surface area contributed by atoms with Crippen LogP contribution in [0, 0.1) is 5.82 Å². The summed E-state index contributed by atoms with van der Waals surface area (Å²) in [7, 11) is 3.03. The molecular formula is C14H12FNO3. The molecule has 1 aromatic heterocycles. The third-order valence-corrected chi connectivity index (χ3v) is 2.69. The Kier molecular flexibility index (Phi) is 3.75. The molecule has 2 aromatic rings. The van der Waals surface area contributed by atoms with Crippen LogP contribution in [0.1, 0.15) is 10.4 Å². The van der Waals surface area contributed by atoms with Crippen molar-refractivity contribution in [1.29, 1.82) is 0 Å². The fourth-order valence-electron chi connectivity index (χ4n) is 1.78. The number of aromatic nitrogens is 1. The second-order valence-corrected chi connectivity index (χ2v) is 3.75. The Labute approximate surface area is 109 Å². The van der Waals surface area contributed by atoms with Gasteiger partial charge in [-0.25, -0.2) is 4.39 Å². The fourth-order valence-corrected chi connectivity index (χ4v) is 1.78. The van der Waals surface area contributed by atoms with Gasteiger partial charge in [0, 0.05) is 5.56 Å². The van der Waals surface area contributed by atoms with Crippen LogP contribution in [0.25, 0.3) is 11.3 Å². The first kappa shape index (κ1) is 13.0. The Morgan fingerprint density at radius 2 is 2.05 bits per heavy atom. The lowest BCUT2D eigenvalue weighted by Gasteiger charge is -2.12. The number of para-hydroxylation sites is 1. The van der Waals surface area contributed by atoms with Crippen molar-refractivity contribution in [2.75, 3.05) is 14.2 Å². The van der Waals surface area contributed by atoms with Crippen molar-refractivity contribution in [2.45, 2.75) is 0 Å². The molecule has 0 spiro atoms. The van der Waals surface area contributed by atoms with Crippen LogP contribution in [0.4, 0.5) is 4.39 Å². The van der Waals surface area contributed by atoms with Crippen LogP contribution in [0.5, 0.6) is 11.5 Å². The molecule has 0 N–H and O–H groups in total. The van der Waals surface area contributed by atoms with E-state index in [-0.39, 0.29) is 5.56 Å². The van der Waals surface area contributed by atoms with Crippen LogP contribution in [0.2, 0.25) is 0 Å². The van der Waals surface area contributed by atoms with Crippen molar-refractivity contribution < 1.29 is 18.7 Å². The minimum absolute atomic E-state index is 0.0464. The third-order valence-electron chi connectivity index (χ3n) is 2.69. The van der Waals surface area contributed by atoms with E-state index in [9.17, 15) is 9.18 Å². The molecule has 0 amide bonds.